The number of rotatable bonds is 8. The lowest BCUT2D eigenvalue weighted by molar-refractivity contribution is -0.132. The van der Waals surface area contributed by atoms with E-state index < -0.39 is 10.0 Å². The molecule has 1 heterocycles. The Hall–Kier alpha value is -3.65. The van der Waals surface area contributed by atoms with Gasteiger partial charge in [-0.25, -0.2) is 13.4 Å². The van der Waals surface area contributed by atoms with Crippen molar-refractivity contribution < 1.29 is 17.9 Å². The van der Waals surface area contributed by atoms with Crippen LogP contribution in [0.25, 0.3) is 0 Å². The van der Waals surface area contributed by atoms with Crippen molar-refractivity contribution in [2.24, 2.45) is 5.10 Å². The summed E-state index contributed by atoms with van der Waals surface area (Å²) in [5.41, 5.74) is 2.60. The highest BCUT2D eigenvalue weighted by atomic mass is 32.2. The molecule has 1 N–H and O–H groups in total. The number of hydrogen-bond acceptors (Lipinski definition) is 5. The first-order chi connectivity index (χ1) is 16.4. The number of ether oxygens (including phenoxy) is 1. The minimum absolute atomic E-state index is 0.107. The second-order valence-electron chi connectivity index (χ2n) is 7.83. The Balaban J connectivity index is 1.69. The molecule has 0 aromatic heterocycles. The van der Waals surface area contributed by atoms with Gasteiger partial charge in [0.25, 0.3) is 10.0 Å². The summed E-state index contributed by atoms with van der Waals surface area (Å²) in [7, 11) is -3.78. The van der Waals surface area contributed by atoms with Gasteiger partial charge in [-0.05, 0) is 42.8 Å². The predicted octanol–water partition coefficient (Wildman–Crippen LogP) is 4.97. The molecular formula is C26H27N3O4S. The molecule has 7 nitrogen and oxygen atoms in total. The van der Waals surface area contributed by atoms with E-state index >= 15 is 0 Å². The quantitative estimate of drug-likeness (QED) is 0.496. The van der Waals surface area contributed by atoms with Crippen LogP contribution in [0.15, 0.2) is 88.9 Å². The molecule has 1 aliphatic heterocycles. The van der Waals surface area contributed by atoms with Crippen molar-refractivity contribution in [3.05, 3.63) is 90.0 Å². The van der Waals surface area contributed by atoms with E-state index in [0.29, 0.717) is 36.4 Å². The molecule has 1 amide bonds. The molecule has 176 valence electrons. The third-order valence-corrected chi connectivity index (χ3v) is 6.94. The first kappa shape index (κ1) is 23.5. The lowest BCUT2D eigenvalue weighted by Crippen LogP contribution is -2.26. The summed E-state index contributed by atoms with van der Waals surface area (Å²) in [6.45, 7) is 4.26. The molecule has 3 aromatic carbocycles. The Kier molecular flexibility index (Phi) is 6.98. The lowest BCUT2D eigenvalue weighted by atomic mass is 9.97. The van der Waals surface area contributed by atoms with Gasteiger partial charge in [0.1, 0.15) is 5.75 Å². The molecule has 8 heteroatoms. The van der Waals surface area contributed by atoms with Crippen LogP contribution in [-0.4, -0.2) is 31.7 Å². The van der Waals surface area contributed by atoms with Gasteiger partial charge in [0.2, 0.25) is 5.91 Å². The average Bonchev–Trinajstić information content (AvgIpc) is 3.30. The minimum Gasteiger partial charge on any atom is -0.494 e. The summed E-state index contributed by atoms with van der Waals surface area (Å²) in [6, 6.07) is 22.7. The zero-order chi connectivity index (χ0) is 24.1. The van der Waals surface area contributed by atoms with Crippen molar-refractivity contribution in [3.63, 3.8) is 0 Å². The second kappa shape index (κ2) is 10.1. The molecule has 0 aliphatic carbocycles. The van der Waals surface area contributed by atoms with Gasteiger partial charge in [0, 0.05) is 18.4 Å². The largest absolute Gasteiger partial charge is 0.494 e. The Bertz CT molecular complexity index is 1310. The van der Waals surface area contributed by atoms with Crippen molar-refractivity contribution in [2.75, 3.05) is 11.3 Å². The summed E-state index contributed by atoms with van der Waals surface area (Å²) in [4.78, 5) is 12.9. The second-order valence-corrected chi connectivity index (χ2v) is 9.51. The van der Waals surface area contributed by atoms with Gasteiger partial charge in [-0.15, -0.1) is 0 Å². The van der Waals surface area contributed by atoms with E-state index in [2.05, 4.69) is 9.82 Å². The van der Waals surface area contributed by atoms with E-state index in [1.54, 1.807) is 49.4 Å². The first-order valence-corrected chi connectivity index (χ1v) is 12.7. The molecule has 1 aliphatic rings. The van der Waals surface area contributed by atoms with Gasteiger partial charge < -0.3 is 4.74 Å². The number of nitrogens with zero attached hydrogens (tertiary/aromatic N) is 2. The van der Waals surface area contributed by atoms with Crippen molar-refractivity contribution in [1.82, 2.24) is 5.01 Å². The Morgan fingerprint density at radius 2 is 1.76 bits per heavy atom. The van der Waals surface area contributed by atoms with E-state index in [4.69, 9.17) is 4.74 Å². The molecule has 3 aromatic rings. The number of carbonyl (C=O) groups excluding carboxylic acids is 1. The third-order valence-electron chi connectivity index (χ3n) is 5.56. The number of anilines is 1. The van der Waals surface area contributed by atoms with E-state index in [0.717, 1.165) is 11.3 Å². The molecule has 0 bridgehead atoms. The van der Waals surface area contributed by atoms with Crippen LogP contribution in [0.4, 0.5) is 5.69 Å². The zero-order valence-corrected chi connectivity index (χ0v) is 20.0. The van der Waals surface area contributed by atoms with E-state index in [1.165, 1.54) is 5.01 Å². The van der Waals surface area contributed by atoms with E-state index in [9.17, 15) is 13.2 Å². The number of benzene rings is 3. The number of sulfonamides is 1. The fourth-order valence-corrected chi connectivity index (χ4v) is 5.03. The third kappa shape index (κ3) is 4.97. The van der Waals surface area contributed by atoms with Crippen molar-refractivity contribution in [2.45, 2.75) is 37.6 Å². The van der Waals surface area contributed by atoms with Crippen LogP contribution in [0.3, 0.4) is 0 Å². The highest BCUT2D eigenvalue weighted by Gasteiger charge is 2.33. The van der Waals surface area contributed by atoms with Gasteiger partial charge >= 0.3 is 0 Å². The normalized spacial score (nSPS) is 15.6. The predicted molar refractivity (Wildman–Crippen MR) is 132 cm³/mol. The maximum atomic E-state index is 12.9. The maximum absolute atomic E-state index is 12.9. The van der Waals surface area contributed by atoms with Crippen molar-refractivity contribution in [1.29, 1.82) is 0 Å². The van der Waals surface area contributed by atoms with Crippen molar-refractivity contribution >= 4 is 27.3 Å². The standard InChI is InChI=1S/C26H27N3O4S/c1-3-26(30)29-25(19-11-10-12-20(17-19)33-4-2)18-24(27-29)22-15-8-9-16-23(22)28-34(31,32)21-13-6-5-7-14-21/h5-17,25,28H,3-4,18H2,1-2H3. The van der Waals surface area contributed by atoms with E-state index in [1.807, 2.05) is 43.3 Å². The summed E-state index contributed by atoms with van der Waals surface area (Å²) in [5.74, 6) is 0.623. The molecule has 1 atom stereocenters. The molecular weight excluding hydrogens is 450 g/mol. The number of carbonyl (C=O) groups is 1. The molecule has 34 heavy (non-hydrogen) atoms. The van der Waals surface area contributed by atoms with Crippen LogP contribution in [0.1, 0.15) is 43.9 Å². The molecule has 4 rings (SSSR count). The number of amides is 1. The molecule has 0 saturated carbocycles. The summed E-state index contributed by atoms with van der Waals surface area (Å²) in [5, 5.41) is 6.15. The topological polar surface area (TPSA) is 88.1 Å². The summed E-state index contributed by atoms with van der Waals surface area (Å²) in [6.07, 6.45) is 0.756. The van der Waals surface area contributed by atoms with Crippen LogP contribution in [0.5, 0.6) is 5.75 Å². The molecule has 0 saturated heterocycles. The van der Waals surface area contributed by atoms with Gasteiger partial charge in [0.15, 0.2) is 0 Å². The number of hydrogen-bond donors (Lipinski definition) is 1. The highest BCUT2D eigenvalue weighted by molar-refractivity contribution is 7.92. The molecule has 1 unspecified atom stereocenters. The molecule has 0 fully saturated rings. The van der Waals surface area contributed by atoms with Crippen LogP contribution in [0.2, 0.25) is 0 Å². The minimum atomic E-state index is -3.78. The van der Waals surface area contributed by atoms with Gasteiger partial charge in [-0.1, -0.05) is 55.5 Å². The van der Waals surface area contributed by atoms with Gasteiger partial charge in [0.05, 0.1) is 28.9 Å². The Morgan fingerprint density at radius 1 is 1.03 bits per heavy atom. The Morgan fingerprint density at radius 3 is 2.50 bits per heavy atom. The molecule has 0 spiro atoms. The average molecular weight is 478 g/mol. The van der Waals surface area contributed by atoms with Crippen LogP contribution in [0, 0.1) is 0 Å². The van der Waals surface area contributed by atoms with Crippen LogP contribution < -0.4 is 9.46 Å². The number of hydrazone groups is 1. The van der Waals surface area contributed by atoms with Crippen molar-refractivity contribution in [3.8, 4) is 5.75 Å². The Labute approximate surface area is 200 Å². The van der Waals surface area contributed by atoms with Crippen LogP contribution in [-0.2, 0) is 14.8 Å². The van der Waals surface area contributed by atoms with Gasteiger partial charge in [-0.3, -0.25) is 9.52 Å². The first-order valence-electron chi connectivity index (χ1n) is 11.2. The SMILES string of the molecule is CCOc1cccc(C2CC(c3ccccc3NS(=O)(=O)c3ccccc3)=NN2C(=O)CC)c1. The fourth-order valence-electron chi connectivity index (χ4n) is 3.93. The smallest absolute Gasteiger partial charge is 0.261 e. The number of para-hydroxylation sites is 1. The zero-order valence-electron chi connectivity index (χ0n) is 19.1. The lowest BCUT2D eigenvalue weighted by Gasteiger charge is -2.22. The highest BCUT2D eigenvalue weighted by Crippen LogP contribution is 2.36. The maximum Gasteiger partial charge on any atom is 0.261 e. The van der Waals surface area contributed by atoms with E-state index in [-0.39, 0.29) is 16.8 Å². The van der Waals surface area contributed by atoms with Gasteiger partial charge in [-0.2, -0.15) is 5.10 Å². The monoisotopic (exact) mass is 477 g/mol. The number of nitrogens with one attached hydrogen (secondary N) is 1. The summed E-state index contributed by atoms with van der Waals surface area (Å²) >= 11 is 0. The fraction of sp³-hybridized carbons (Fsp3) is 0.231. The summed E-state index contributed by atoms with van der Waals surface area (Å²) < 4.78 is 34.2. The van der Waals surface area contributed by atoms with Crippen LogP contribution >= 0.6 is 0 Å². The molecule has 0 radical (unpaired) electrons.